The highest BCUT2D eigenvalue weighted by Crippen LogP contribution is 2.34. The van der Waals surface area contributed by atoms with Gasteiger partial charge in [0, 0.05) is 26.6 Å². The van der Waals surface area contributed by atoms with Gasteiger partial charge in [-0.25, -0.2) is 0 Å². The minimum atomic E-state index is 0.314. The van der Waals surface area contributed by atoms with E-state index in [1.807, 2.05) is 30.3 Å². The topological polar surface area (TPSA) is 43.6 Å². The van der Waals surface area contributed by atoms with Gasteiger partial charge in [0.25, 0.3) is 0 Å². The molecule has 0 fully saturated rings. The van der Waals surface area contributed by atoms with Gasteiger partial charge in [-0.2, -0.15) is 0 Å². The number of benzene rings is 2. The number of halogens is 3. The number of hydrogen-bond donors (Lipinski definition) is 1. The van der Waals surface area contributed by atoms with Crippen molar-refractivity contribution >= 4 is 39.1 Å². The summed E-state index contributed by atoms with van der Waals surface area (Å²) in [5.41, 5.74) is 1.90. The first kappa shape index (κ1) is 20.1. The maximum atomic E-state index is 6.20. The third-order valence-electron chi connectivity index (χ3n) is 3.93. The van der Waals surface area contributed by atoms with Crippen LogP contribution in [0, 0.1) is 0 Å². The number of methoxy groups -OCH3 is 1. The van der Waals surface area contributed by atoms with E-state index in [1.165, 1.54) is 0 Å². The van der Waals surface area contributed by atoms with E-state index < -0.39 is 0 Å². The van der Waals surface area contributed by atoms with E-state index in [1.54, 1.807) is 25.5 Å². The van der Waals surface area contributed by atoms with E-state index in [9.17, 15) is 0 Å². The fraction of sp³-hybridized carbons (Fsp3) is 0.200. The fourth-order valence-electron chi connectivity index (χ4n) is 2.51. The molecule has 4 nitrogen and oxygen atoms in total. The first-order valence-electron chi connectivity index (χ1n) is 8.23. The maximum Gasteiger partial charge on any atom is 0.162 e. The molecule has 0 saturated heterocycles. The summed E-state index contributed by atoms with van der Waals surface area (Å²) < 4.78 is 17.6. The molecule has 0 saturated carbocycles. The Morgan fingerprint density at radius 3 is 2.59 bits per heavy atom. The summed E-state index contributed by atoms with van der Waals surface area (Å²) in [5, 5.41) is 4.50. The largest absolute Gasteiger partial charge is 0.493 e. The van der Waals surface area contributed by atoms with Gasteiger partial charge in [0.1, 0.15) is 12.4 Å². The summed E-state index contributed by atoms with van der Waals surface area (Å²) in [6, 6.07) is 13.0. The zero-order valence-electron chi connectivity index (χ0n) is 14.6. The van der Waals surface area contributed by atoms with Crippen LogP contribution in [0.1, 0.15) is 16.9 Å². The average molecular weight is 471 g/mol. The van der Waals surface area contributed by atoms with Gasteiger partial charge < -0.3 is 19.2 Å². The van der Waals surface area contributed by atoms with Crippen molar-refractivity contribution in [2.24, 2.45) is 0 Å². The molecule has 1 N–H and O–H groups in total. The molecule has 142 valence electrons. The van der Waals surface area contributed by atoms with Crippen molar-refractivity contribution in [2.75, 3.05) is 7.11 Å². The van der Waals surface area contributed by atoms with Gasteiger partial charge in [-0.05, 0) is 42.0 Å². The summed E-state index contributed by atoms with van der Waals surface area (Å²) in [7, 11) is 1.62. The molecule has 0 aliphatic carbocycles. The monoisotopic (exact) mass is 469 g/mol. The van der Waals surface area contributed by atoms with Crippen LogP contribution >= 0.6 is 39.1 Å². The predicted octanol–water partition coefficient (Wildman–Crippen LogP) is 6.23. The second-order valence-electron chi connectivity index (χ2n) is 5.80. The number of ether oxygens (including phenoxy) is 2. The molecule has 1 heterocycles. The smallest absolute Gasteiger partial charge is 0.162 e. The summed E-state index contributed by atoms with van der Waals surface area (Å²) in [6.07, 6.45) is 1.66. The summed E-state index contributed by atoms with van der Waals surface area (Å²) in [6.45, 7) is 1.62. The molecule has 0 atom stereocenters. The molecule has 1 aromatic heterocycles. The molecule has 3 rings (SSSR count). The van der Waals surface area contributed by atoms with Crippen molar-refractivity contribution in [1.29, 1.82) is 0 Å². The Labute approximate surface area is 176 Å². The minimum Gasteiger partial charge on any atom is -0.493 e. The Balaban J connectivity index is 1.67. The molecule has 0 amide bonds. The molecule has 3 aromatic rings. The molecule has 0 aliphatic heterocycles. The lowest BCUT2D eigenvalue weighted by Crippen LogP contribution is -2.12. The minimum absolute atomic E-state index is 0.314. The Bertz CT molecular complexity index is 900. The number of furan rings is 1. The van der Waals surface area contributed by atoms with Crippen LogP contribution in [-0.2, 0) is 19.7 Å². The SMILES string of the molecule is COc1cc(CNCc2ccco2)c(Br)cc1OCc1ccc(Cl)cc1Cl. The predicted molar refractivity (Wildman–Crippen MR) is 111 cm³/mol. The van der Waals surface area contributed by atoms with Gasteiger partial charge >= 0.3 is 0 Å². The van der Waals surface area contributed by atoms with Gasteiger partial charge in [0.2, 0.25) is 0 Å². The van der Waals surface area contributed by atoms with Crippen molar-refractivity contribution in [2.45, 2.75) is 19.7 Å². The van der Waals surface area contributed by atoms with Crippen molar-refractivity contribution in [1.82, 2.24) is 5.32 Å². The Kier molecular flexibility index (Phi) is 7.07. The van der Waals surface area contributed by atoms with Crippen LogP contribution in [0.15, 0.2) is 57.6 Å². The van der Waals surface area contributed by atoms with Crippen LogP contribution in [-0.4, -0.2) is 7.11 Å². The highest BCUT2D eigenvalue weighted by atomic mass is 79.9. The summed E-state index contributed by atoms with van der Waals surface area (Å²) in [4.78, 5) is 0. The normalized spacial score (nSPS) is 10.8. The molecule has 0 bridgehead atoms. The van der Waals surface area contributed by atoms with E-state index in [2.05, 4.69) is 21.2 Å². The Morgan fingerprint density at radius 1 is 1.04 bits per heavy atom. The van der Waals surface area contributed by atoms with Crippen LogP contribution < -0.4 is 14.8 Å². The zero-order chi connectivity index (χ0) is 19.2. The van der Waals surface area contributed by atoms with Crippen molar-refractivity contribution in [3.63, 3.8) is 0 Å². The summed E-state index contributed by atoms with van der Waals surface area (Å²) >= 11 is 15.7. The van der Waals surface area contributed by atoms with Gasteiger partial charge in [0.15, 0.2) is 11.5 Å². The summed E-state index contributed by atoms with van der Waals surface area (Å²) in [5.74, 6) is 2.17. The average Bonchev–Trinajstić information content (AvgIpc) is 3.16. The highest BCUT2D eigenvalue weighted by molar-refractivity contribution is 9.10. The van der Waals surface area contributed by atoms with Gasteiger partial charge in [-0.15, -0.1) is 0 Å². The van der Waals surface area contributed by atoms with E-state index in [4.69, 9.17) is 37.1 Å². The van der Waals surface area contributed by atoms with Crippen LogP contribution in [0.2, 0.25) is 10.0 Å². The Morgan fingerprint density at radius 2 is 1.89 bits per heavy atom. The third-order valence-corrected chi connectivity index (χ3v) is 5.25. The zero-order valence-corrected chi connectivity index (χ0v) is 17.7. The van der Waals surface area contributed by atoms with Gasteiger partial charge in [0.05, 0.1) is 19.9 Å². The molecular formula is C20H18BrCl2NO3. The third kappa shape index (κ3) is 5.42. The van der Waals surface area contributed by atoms with E-state index in [0.29, 0.717) is 41.2 Å². The number of hydrogen-bond acceptors (Lipinski definition) is 4. The van der Waals surface area contributed by atoms with Crippen LogP contribution in [0.25, 0.3) is 0 Å². The molecule has 27 heavy (non-hydrogen) atoms. The second kappa shape index (κ2) is 9.51. The quantitative estimate of drug-likeness (QED) is 0.424. The second-order valence-corrected chi connectivity index (χ2v) is 7.50. The van der Waals surface area contributed by atoms with Crippen molar-refractivity contribution in [3.05, 3.63) is 80.1 Å². The molecule has 0 unspecified atom stereocenters. The van der Waals surface area contributed by atoms with Crippen LogP contribution in [0.5, 0.6) is 11.5 Å². The molecule has 2 aromatic carbocycles. The molecule has 0 aliphatic rings. The Hall–Kier alpha value is -1.66. The lowest BCUT2D eigenvalue weighted by molar-refractivity contribution is 0.284. The molecule has 7 heteroatoms. The van der Waals surface area contributed by atoms with Crippen molar-refractivity contribution < 1.29 is 13.9 Å². The highest BCUT2D eigenvalue weighted by Gasteiger charge is 2.12. The fourth-order valence-corrected chi connectivity index (χ4v) is 3.44. The van der Waals surface area contributed by atoms with Crippen LogP contribution in [0.3, 0.4) is 0 Å². The first-order valence-corrected chi connectivity index (χ1v) is 9.78. The number of rotatable bonds is 8. The first-order chi connectivity index (χ1) is 13.1. The molecule has 0 spiro atoms. The van der Waals surface area contributed by atoms with E-state index in [-0.39, 0.29) is 0 Å². The molecular weight excluding hydrogens is 453 g/mol. The van der Waals surface area contributed by atoms with Crippen LogP contribution in [0.4, 0.5) is 0 Å². The van der Waals surface area contributed by atoms with Gasteiger partial charge in [-0.1, -0.05) is 45.2 Å². The number of nitrogens with one attached hydrogen (secondary N) is 1. The van der Waals surface area contributed by atoms with Gasteiger partial charge in [-0.3, -0.25) is 0 Å². The lowest BCUT2D eigenvalue weighted by atomic mass is 10.2. The van der Waals surface area contributed by atoms with E-state index >= 15 is 0 Å². The lowest BCUT2D eigenvalue weighted by Gasteiger charge is -2.15. The standard InChI is InChI=1S/C20H18BrCl2NO3/c1-25-19-7-14(10-24-11-16-3-2-6-26-16)17(21)9-20(19)27-12-13-4-5-15(22)8-18(13)23/h2-9,24H,10-12H2,1H3. The van der Waals surface area contributed by atoms with Crippen molar-refractivity contribution in [3.8, 4) is 11.5 Å². The van der Waals surface area contributed by atoms with E-state index in [0.717, 1.165) is 21.4 Å². The molecule has 0 radical (unpaired) electrons. The maximum absolute atomic E-state index is 6.20.